The number of methoxy groups -OCH3 is 1. The molecule has 0 aromatic heterocycles. The zero-order valence-corrected chi connectivity index (χ0v) is 9.41. The Hall–Kier alpha value is -1.06. The van der Waals surface area contributed by atoms with Crippen LogP contribution in [-0.4, -0.2) is 24.3 Å². The molecule has 0 heterocycles. The van der Waals surface area contributed by atoms with Gasteiger partial charge in [0.15, 0.2) is 6.10 Å². The summed E-state index contributed by atoms with van der Waals surface area (Å²) in [5.41, 5.74) is 1.77. The number of aliphatic hydroxyl groups excluding tert-OH is 1. The highest BCUT2D eigenvalue weighted by molar-refractivity contribution is 6.31. The number of aryl methyl sites for hydroxylation is 1. The highest BCUT2D eigenvalue weighted by atomic mass is 35.5. The van der Waals surface area contributed by atoms with E-state index in [2.05, 4.69) is 4.74 Å². The zero-order chi connectivity index (χ0) is 11.4. The first-order valence-electron chi connectivity index (χ1n) is 4.55. The number of carbonyl (C=O) groups excluding carboxylic acids is 1. The molecule has 0 saturated carbocycles. The molecule has 0 aliphatic heterocycles. The van der Waals surface area contributed by atoms with Crippen LogP contribution in [0, 0.1) is 6.92 Å². The number of aliphatic hydroxyl groups is 1. The van der Waals surface area contributed by atoms with Crippen LogP contribution in [0.1, 0.15) is 11.1 Å². The first kappa shape index (κ1) is 12.0. The monoisotopic (exact) mass is 228 g/mol. The zero-order valence-electron chi connectivity index (χ0n) is 8.66. The minimum atomic E-state index is -1.13. The summed E-state index contributed by atoms with van der Waals surface area (Å²) in [7, 11) is 1.24. The maximum Gasteiger partial charge on any atom is 0.335 e. The molecule has 0 spiro atoms. The molecule has 1 atom stereocenters. The number of hydrogen-bond donors (Lipinski definition) is 1. The van der Waals surface area contributed by atoms with Crippen LogP contribution in [-0.2, 0) is 16.0 Å². The number of rotatable bonds is 3. The van der Waals surface area contributed by atoms with E-state index in [0.717, 1.165) is 11.1 Å². The lowest BCUT2D eigenvalue weighted by Gasteiger charge is -2.09. The van der Waals surface area contributed by atoms with E-state index in [1.807, 2.05) is 19.1 Å². The standard InChI is InChI=1S/C11H13ClO3/c1-7-3-4-8(5-9(7)12)6-10(13)11(14)15-2/h3-5,10,13H,6H2,1-2H3/t10-/m1/s1. The van der Waals surface area contributed by atoms with E-state index in [4.69, 9.17) is 11.6 Å². The first-order valence-corrected chi connectivity index (χ1v) is 4.93. The Balaban J connectivity index is 2.73. The van der Waals surface area contributed by atoms with Crippen molar-refractivity contribution in [2.75, 3.05) is 7.11 Å². The maximum atomic E-state index is 11.0. The predicted molar refractivity (Wildman–Crippen MR) is 57.9 cm³/mol. The number of halogens is 1. The normalized spacial score (nSPS) is 12.3. The summed E-state index contributed by atoms with van der Waals surface area (Å²) < 4.78 is 4.42. The molecular formula is C11H13ClO3. The van der Waals surface area contributed by atoms with Gasteiger partial charge in [-0.2, -0.15) is 0 Å². The van der Waals surface area contributed by atoms with Crippen molar-refractivity contribution in [3.63, 3.8) is 0 Å². The van der Waals surface area contributed by atoms with E-state index in [1.54, 1.807) is 6.07 Å². The number of esters is 1. The molecule has 0 unspecified atom stereocenters. The summed E-state index contributed by atoms with van der Waals surface area (Å²) in [6.07, 6.45) is -0.916. The first-order chi connectivity index (χ1) is 7.04. The van der Waals surface area contributed by atoms with Crippen LogP contribution in [0.5, 0.6) is 0 Å². The predicted octanol–water partition coefficient (Wildman–Crippen LogP) is 1.72. The Kier molecular flexibility index (Phi) is 4.12. The van der Waals surface area contributed by atoms with Gasteiger partial charge in [0.25, 0.3) is 0 Å². The molecule has 4 heteroatoms. The van der Waals surface area contributed by atoms with Crippen molar-refractivity contribution in [2.45, 2.75) is 19.4 Å². The van der Waals surface area contributed by atoms with E-state index in [0.29, 0.717) is 5.02 Å². The molecule has 0 amide bonds. The van der Waals surface area contributed by atoms with Crippen LogP contribution in [0.3, 0.4) is 0 Å². The molecular weight excluding hydrogens is 216 g/mol. The minimum Gasteiger partial charge on any atom is -0.467 e. The fourth-order valence-electron chi connectivity index (χ4n) is 1.21. The lowest BCUT2D eigenvalue weighted by Crippen LogP contribution is -2.24. The Morgan fingerprint density at radius 2 is 2.27 bits per heavy atom. The Labute approximate surface area is 93.6 Å². The van der Waals surface area contributed by atoms with E-state index in [9.17, 15) is 9.90 Å². The molecule has 82 valence electrons. The largest absolute Gasteiger partial charge is 0.467 e. The van der Waals surface area contributed by atoms with Gasteiger partial charge >= 0.3 is 5.97 Å². The van der Waals surface area contributed by atoms with Gasteiger partial charge in [-0.25, -0.2) is 4.79 Å². The molecule has 1 aromatic carbocycles. The average Bonchev–Trinajstić information content (AvgIpc) is 2.22. The van der Waals surface area contributed by atoms with Gasteiger partial charge in [0.1, 0.15) is 0 Å². The van der Waals surface area contributed by atoms with Crippen LogP contribution in [0.25, 0.3) is 0 Å². The number of benzene rings is 1. The van der Waals surface area contributed by atoms with Gasteiger partial charge in [0.05, 0.1) is 7.11 Å². The Morgan fingerprint density at radius 1 is 1.60 bits per heavy atom. The van der Waals surface area contributed by atoms with Crippen molar-refractivity contribution in [1.82, 2.24) is 0 Å². The second-order valence-electron chi connectivity index (χ2n) is 3.33. The van der Waals surface area contributed by atoms with Crippen LogP contribution < -0.4 is 0 Å². The minimum absolute atomic E-state index is 0.215. The lowest BCUT2D eigenvalue weighted by molar-refractivity contribution is -0.150. The summed E-state index contributed by atoms with van der Waals surface area (Å²) in [5, 5.41) is 10.0. The quantitative estimate of drug-likeness (QED) is 0.802. The highest BCUT2D eigenvalue weighted by Gasteiger charge is 2.15. The van der Waals surface area contributed by atoms with Gasteiger partial charge in [0.2, 0.25) is 0 Å². The molecule has 1 rings (SSSR count). The fourth-order valence-corrected chi connectivity index (χ4v) is 1.41. The third kappa shape index (κ3) is 3.22. The lowest BCUT2D eigenvalue weighted by atomic mass is 10.1. The van der Waals surface area contributed by atoms with Gasteiger partial charge in [-0.05, 0) is 24.1 Å². The molecule has 3 nitrogen and oxygen atoms in total. The van der Waals surface area contributed by atoms with E-state index in [1.165, 1.54) is 7.11 Å². The molecule has 1 aromatic rings. The van der Waals surface area contributed by atoms with Crippen molar-refractivity contribution < 1.29 is 14.6 Å². The molecule has 0 saturated heterocycles. The second-order valence-corrected chi connectivity index (χ2v) is 3.73. The summed E-state index contributed by atoms with van der Waals surface area (Å²) in [4.78, 5) is 11.0. The Morgan fingerprint density at radius 3 is 2.80 bits per heavy atom. The Bertz CT molecular complexity index is 363. The topological polar surface area (TPSA) is 46.5 Å². The second kappa shape index (κ2) is 5.14. The number of carbonyl (C=O) groups is 1. The van der Waals surface area contributed by atoms with Gasteiger partial charge in [-0.3, -0.25) is 0 Å². The summed E-state index contributed by atoms with van der Waals surface area (Å²) in [5.74, 6) is -0.633. The SMILES string of the molecule is COC(=O)[C@H](O)Cc1ccc(C)c(Cl)c1. The summed E-state index contributed by atoms with van der Waals surface area (Å²) in [6.45, 7) is 1.89. The van der Waals surface area contributed by atoms with E-state index in [-0.39, 0.29) is 6.42 Å². The smallest absolute Gasteiger partial charge is 0.335 e. The van der Waals surface area contributed by atoms with Crippen LogP contribution >= 0.6 is 11.6 Å². The number of ether oxygens (including phenoxy) is 1. The van der Waals surface area contributed by atoms with Gasteiger partial charge in [-0.1, -0.05) is 23.7 Å². The third-order valence-electron chi connectivity index (χ3n) is 2.14. The molecule has 0 bridgehead atoms. The molecule has 0 aliphatic rings. The van der Waals surface area contributed by atoms with Crippen LogP contribution in [0.4, 0.5) is 0 Å². The molecule has 0 aliphatic carbocycles. The van der Waals surface area contributed by atoms with Crippen molar-refractivity contribution >= 4 is 17.6 Å². The van der Waals surface area contributed by atoms with Gasteiger partial charge in [-0.15, -0.1) is 0 Å². The van der Waals surface area contributed by atoms with Crippen molar-refractivity contribution in [2.24, 2.45) is 0 Å². The molecule has 15 heavy (non-hydrogen) atoms. The van der Waals surface area contributed by atoms with Crippen molar-refractivity contribution in [3.8, 4) is 0 Å². The van der Waals surface area contributed by atoms with Crippen LogP contribution in [0.2, 0.25) is 5.02 Å². The molecule has 1 N–H and O–H groups in total. The van der Waals surface area contributed by atoms with Crippen molar-refractivity contribution in [1.29, 1.82) is 0 Å². The summed E-state index contributed by atoms with van der Waals surface area (Å²) in [6, 6.07) is 5.41. The maximum absolute atomic E-state index is 11.0. The third-order valence-corrected chi connectivity index (χ3v) is 2.55. The van der Waals surface area contributed by atoms with Gasteiger partial charge in [0, 0.05) is 11.4 Å². The summed E-state index contributed by atoms with van der Waals surface area (Å²) >= 11 is 5.91. The van der Waals surface area contributed by atoms with E-state index >= 15 is 0 Å². The van der Waals surface area contributed by atoms with Gasteiger partial charge < -0.3 is 9.84 Å². The number of hydrogen-bond acceptors (Lipinski definition) is 3. The van der Waals surface area contributed by atoms with Crippen molar-refractivity contribution in [3.05, 3.63) is 34.3 Å². The average molecular weight is 229 g/mol. The molecule has 0 fully saturated rings. The highest BCUT2D eigenvalue weighted by Crippen LogP contribution is 2.17. The van der Waals surface area contributed by atoms with E-state index < -0.39 is 12.1 Å². The fraction of sp³-hybridized carbons (Fsp3) is 0.364. The van der Waals surface area contributed by atoms with Crippen LogP contribution in [0.15, 0.2) is 18.2 Å². The molecule has 0 radical (unpaired) electrons.